The second-order valence-electron chi connectivity index (χ2n) is 7.41. The molecule has 0 spiro atoms. The van der Waals surface area contributed by atoms with Crippen molar-refractivity contribution in [2.24, 2.45) is 0 Å². The largest absolute Gasteiger partial charge is 0.488 e. The van der Waals surface area contributed by atoms with E-state index in [1.807, 2.05) is 48.5 Å². The normalized spacial score (nSPS) is 19.3. The van der Waals surface area contributed by atoms with Crippen molar-refractivity contribution in [2.45, 2.75) is 44.3 Å². The molecule has 0 saturated heterocycles. The smallest absolute Gasteiger partial charge is 0.423 e. The van der Waals surface area contributed by atoms with Crippen LogP contribution in [0.5, 0.6) is 0 Å². The molecule has 1 aliphatic carbocycles. The quantitative estimate of drug-likeness (QED) is 0.442. The predicted octanol–water partition coefficient (Wildman–Crippen LogP) is 2.10. The van der Waals surface area contributed by atoms with E-state index in [1.54, 1.807) is 6.07 Å². The van der Waals surface area contributed by atoms with Crippen molar-refractivity contribution >= 4 is 35.6 Å². The van der Waals surface area contributed by atoms with E-state index in [1.165, 1.54) is 12.8 Å². The van der Waals surface area contributed by atoms with Gasteiger partial charge in [-0.3, -0.25) is 4.90 Å². The summed E-state index contributed by atoms with van der Waals surface area (Å²) in [6.45, 7) is 0.662. The Bertz CT molecular complexity index is 775. The van der Waals surface area contributed by atoms with Crippen LogP contribution in [0.3, 0.4) is 0 Å². The summed E-state index contributed by atoms with van der Waals surface area (Å²) in [7, 11) is 0.645. The summed E-state index contributed by atoms with van der Waals surface area (Å²) in [4.78, 5) is 2.29. The molecule has 0 amide bonds. The Morgan fingerprint density at radius 1 is 1.07 bits per heavy atom. The summed E-state index contributed by atoms with van der Waals surface area (Å²) in [5.74, 6) is 0. The molecule has 2 aromatic carbocycles. The van der Waals surface area contributed by atoms with Crippen molar-refractivity contribution in [1.82, 2.24) is 10.2 Å². The molecule has 0 heterocycles. The first-order valence-corrected chi connectivity index (χ1v) is 10.2. The lowest BCUT2D eigenvalue weighted by Gasteiger charge is -2.39. The summed E-state index contributed by atoms with van der Waals surface area (Å²) in [6.07, 6.45) is 4.53. The molecule has 0 bridgehead atoms. The molecule has 1 unspecified atom stereocenters. The van der Waals surface area contributed by atoms with E-state index in [9.17, 15) is 10.0 Å². The fourth-order valence-electron chi connectivity index (χ4n) is 3.98. The highest BCUT2D eigenvalue weighted by molar-refractivity contribution is 7.80. The van der Waals surface area contributed by atoms with E-state index in [-0.39, 0.29) is 6.04 Å². The highest BCUT2D eigenvalue weighted by Gasteiger charge is 2.29. The van der Waals surface area contributed by atoms with E-state index in [2.05, 4.69) is 22.6 Å². The summed E-state index contributed by atoms with van der Waals surface area (Å²) in [5, 5.41) is 26.7. The van der Waals surface area contributed by atoms with Crippen LogP contribution in [-0.4, -0.2) is 46.3 Å². The second kappa shape index (κ2) is 10.0. The van der Waals surface area contributed by atoms with Crippen LogP contribution in [-0.2, 0) is 6.54 Å². The van der Waals surface area contributed by atoms with Crippen LogP contribution < -0.4 is 16.1 Å². The van der Waals surface area contributed by atoms with Crippen molar-refractivity contribution in [1.29, 1.82) is 0 Å². The van der Waals surface area contributed by atoms with E-state index in [0.717, 1.165) is 24.1 Å². The van der Waals surface area contributed by atoms with Crippen molar-refractivity contribution < 1.29 is 10.0 Å². The first-order valence-electron chi connectivity index (χ1n) is 9.81. The summed E-state index contributed by atoms with van der Waals surface area (Å²) in [5.41, 5.74) is 2.48. The van der Waals surface area contributed by atoms with E-state index < -0.39 is 7.12 Å². The van der Waals surface area contributed by atoms with Gasteiger partial charge in [0.1, 0.15) is 0 Å². The zero-order valence-corrected chi connectivity index (χ0v) is 17.0. The van der Waals surface area contributed by atoms with Gasteiger partial charge in [-0.05, 0) is 55.3 Å². The number of para-hydroxylation sites is 1. The minimum absolute atomic E-state index is 0.258. The monoisotopic (exact) mass is 397 g/mol. The molecular weight excluding hydrogens is 369 g/mol. The van der Waals surface area contributed by atoms with Crippen molar-refractivity contribution in [3.63, 3.8) is 0 Å². The first kappa shape index (κ1) is 20.8. The third-order valence-corrected chi connectivity index (χ3v) is 5.62. The van der Waals surface area contributed by atoms with Gasteiger partial charge < -0.3 is 20.7 Å². The highest BCUT2D eigenvalue weighted by Crippen LogP contribution is 2.24. The first-order chi connectivity index (χ1) is 13.5. The van der Waals surface area contributed by atoms with Crippen LogP contribution in [0.15, 0.2) is 54.6 Å². The molecule has 7 heteroatoms. The molecule has 2 aromatic rings. The van der Waals surface area contributed by atoms with Gasteiger partial charge in [0.05, 0.1) is 0 Å². The fraction of sp³-hybridized carbons (Fsp3) is 0.381. The Labute approximate surface area is 172 Å². The van der Waals surface area contributed by atoms with Crippen molar-refractivity contribution in [3.05, 3.63) is 60.2 Å². The molecule has 0 aromatic heterocycles. The number of rotatable bonds is 6. The van der Waals surface area contributed by atoms with Crippen LogP contribution in [0.4, 0.5) is 5.69 Å². The summed E-state index contributed by atoms with van der Waals surface area (Å²) in [6, 6.07) is 18.0. The predicted molar refractivity (Wildman–Crippen MR) is 120 cm³/mol. The van der Waals surface area contributed by atoms with Gasteiger partial charge in [0.25, 0.3) is 0 Å². The Kier molecular flexibility index (Phi) is 7.45. The lowest BCUT2D eigenvalue weighted by molar-refractivity contribution is 0.153. The number of nitrogens with one attached hydrogen (secondary N) is 2. The zero-order valence-electron chi connectivity index (χ0n) is 16.2. The van der Waals surface area contributed by atoms with Gasteiger partial charge in [-0.15, -0.1) is 0 Å². The molecule has 0 aliphatic heterocycles. The molecule has 28 heavy (non-hydrogen) atoms. The number of hydrogen-bond acceptors (Lipinski definition) is 4. The molecule has 3 rings (SSSR count). The average Bonchev–Trinajstić information content (AvgIpc) is 2.69. The van der Waals surface area contributed by atoms with Crippen LogP contribution in [0, 0.1) is 0 Å². The van der Waals surface area contributed by atoms with Crippen LogP contribution in [0.2, 0.25) is 0 Å². The molecule has 4 N–H and O–H groups in total. The topological polar surface area (TPSA) is 67.8 Å². The van der Waals surface area contributed by atoms with Gasteiger partial charge in [-0.25, -0.2) is 0 Å². The van der Waals surface area contributed by atoms with Gasteiger partial charge in [-0.2, -0.15) is 0 Å². The van der Waals surface area contributed by atoms with Crippen LogP contribution in [0.1, 0.15) is 31.2 Å². The second-order valence-corrected chi connectivity index (χ2v) is 7.82. The highest BCUT2D eigenvalue weighted by atomic mass is 32.1. The molecule has 2 atom stereocenters. The van der Waals surface area contributed by atoms with Crippen LogP contribution >= 0.6 is 12.2 Å². The van der Waals surface area contributed by atoms with Crippen LogP contribution in [0.25, 0.3) is 0 Å². The average molecular weight is 397 g/mol. The Hall–Kier alpha value is -1.93. The number of thiocarbonyl (C=S) groups is 1. The summed E-state index contributed by atoms with van der Waals surface area (Å²) >= 11 is 5.53. The molecule has 1 aliphatic rings. The SMILES string of the molecule is CN(Cc1ccccc1B(O)O)[C@@H]1CCCCC1NC(=S)Nc1ccccc1. The Balaban J connectivity index is 1.64. The van der Waals surface area contributed by atoms with E-state index >= 15 is 0 Å². The molecule has 1 fully saturated rings. The van der Waals surface area contributed by atoms with Crippen molar-refractivity contribution in [3.8, 4) is 0 Å². The minimum Gasteiger partial charge on any atom is -0.423 e. The lowest BCUT2D eigenvalue weighted by atomic mass is 9.77. The Morgan fingerprint density at radius 2 is 1.75 bits per heavy atom. The Morgan fingerprint density at radius 3 is 2.50 bits per heavy atom. The number of nitrogens with zero attached hydrogens (tertiary/aromatic N) is 1. The van der Waals surface area contributed by atoms with Gasteiger partial charge in [0.15, 0.2) is 5.11 Å². The zero-order chi connectivity index (χ0) is 19.9. The standard InChI is InChI=1S/C21H28BN3O2S/c1-25(15-16-9-5-6-12-18(16)22(26)27)20-14-8-7-13-19(20)24-21(28)23-17-10-3-2-4-11-17/h2-6,9-12,19-20,26-27H,7-8,13-15H2,1H3,(H2,23,24,28)/t19?,20-/m1/s1. The van der Waals surface area contributed by atoms with Gasteiger partial charge in [0, 0.05) is 24.3 Å². The van der Waals surface area contributed by atoms with E-state index in [4.69, 9.17) is 12.2 Å². The number of benzene rings is 2. The summed E-state index contributed by atoms with van der Waals surface area (Å²) < 4.78 is 0. The lowest BCUT2D eigenvalue weighted by Crippen LogP contribution is -2.53. The maximum atomic E-state index is 9.64. The van der Waals surface area contributed by atoms with E-state index in [0.29, 0.717) is 23.2 Å². The van der Waals surface area contributed by atoms with Gasteiger partial charge >= 0.3 is 7.12 Å². The molecule has 1 saturated carbocycles. The molecule has 0 radical (unpaired) electrons. The van der Waals surface area contributed by atoms with Gasteiger partial charge in [0.2, 0.25) is 0 Å². The third kappa shape index (κ3) is 5.55. The minimum atomic E-state index is -1.45. The molecular formula is C21H28BN3O2S. The maximum Gasteiger partial charge on any atom is 0.488 e. The van der Waals surface area contributed by atoms with Crippen molar-refractivity contribution in [2.75, 3.05) is 12.4 Å². The molecule has 148 valence electrons. The maximum absolute atomic E-state index is 9.64. The molecule has 5 nitrogen and oxygen atoms in total. The fourth-order valence-corrected chi connectivity index (χ4v) is 4.25. The number of likely N-dealkylation sites (N-methyl/N-ethyl adjacent to an activating group) is 1. The van der Waals surface area contributed by atoms with Gasteiger partial charge in [-0.1, -0.05) is 55.3 Å². The third-order valence-electron chi connectivity index (χ3n) is 5.40. The number of hydrogen-bond donors (Lipinski definition) is 4. The number of anilines is 1.